The van der Waals surface area contributed by atoms with Gasteiger partial charge in [0.15, 0.2) is 11.2 Å². The van der Waals surface area contributed by atoms with E-state index in [4.69, 9.17) is 11.6 Å². The van der Waals surface area contributed by atoms with Crippen LogP contribution >= 0.6 is 11.6 Å². The van der Waals surface area contributed by atoms with Gasteiger partial charge in [0, 0.05) is 16.6 Å². The molecule has 0 amide bonds. The Morgan fingerprint density at radius 1 is 1.23 bits per heavy atom. The number of carbonyl (C=O) groups is 1. The van der Waals surface area contributed by atoms with Crippen molar-refractivity contribution in [3.63, 3.8) is 0 Å². The van der Waals surface area contributed by atoms with Crippen LogP contribution in [0.2, 0.25) is 5.02 Å². The molecule has 1 aromatic carbocycles. The number of pyridine rings is 1. The average molecular weight is 371 g/mol. The van der Waals surface area contributed by atoms with Gasteiger partial charge in [-0.2, -0.15) is 4.40 Å². The lowest BCUT2D eigenvalue weighted by molar-refractivity contribution is -0.513. The smallest absolute Gasteiger partial charge is 0.306 e. The number of Topliss-reactive ketones (excluding diaryl/α,β-unsaturated/α-hetero) is 1. The average Bonchev–Trinajstić information content (AvgIpc) is 2.98. The van der Waals surface area contributed by atoms with Crippen LogP contribution in [0, 0.1) is 5.41 Å². The molecule has 0 fully saturated rings. The minimum atomic E-state index is 0.0237. The van der Waals surface area contributed by atoms with E-state index in [0.29, 0.717) is 10.8 Å². The minimum absolute atomic E-state index is 0.0237. The zero-order valence-electron chi connectivity index (χ0n) is 15.6. The zero-order chi connectivity index (χ0) is 18.9. The first-order valence-electron chi connectivity index (χ1n) is 8.82. The Labute approximate surface area is 159 Å². The van der Waals surface area contributed by atoms with E-state index in [1.54, 1.807) is 0 Å². The van der Waals surface area contributed by atoms with Crippen LogP contribution in [0.3, 0.4) is 0 Å². The molecule has 0 aliphatic carbocycles. The van der Waals surface area contributed by atoms with Gasteiger partial charge in [-0.1, -0.05) is 50.6 Å². The summed E-state index contributed by atoms with van der Waals surface area (Å²) in [6.07, 6.45) is 1.90. The van der Waals surface area contributed by atoms with Crippen LogP contribution in [-0.4, -0.2) is 23.4 Å². The number of ketones is 1. The summed E-state index contributed by atoms with van der Waals surface area (Å²) in [6, 6.07) is 13.7. The van der Waals surface area contributed by atoms with Crippen LogP contribution in [0.5, 0.6) is 0 Å². The lowest BCUT2D eigenvalue weighted by atomic mass is 9.88. The molecule has 0 unspecified atom stereocenters. The molecule has 0 saturated carbocycles. The fraction of sp³-hybridized carbons (Fsp3) is 0.333. The molecular weight excluding hydrogens is 346 g/mol. The van der Waals surface area contributed by atoms with Crippen molar-refractivity contribution >= 4 is 22.9 Å². The van der Waals surface area contributed by atoms with Crippen molar-refractivity contribution < 1.29 is 9.20 Å². The molecule has 26 heavy (non-hydrogen) atoms. The molecule has 2 aromatic heterocycles. The Morgan fingerprint density at radius 2 is 2.00 bits per heavy atom. The fourth-order valence-electron chi connectivity index (χ4n) is 2.79. The van der Waals surface area contributed by atoms with Gasteiger partial charge in [-0.15, -0.1) is 0 Å². The monoisotopic (exact) mass is 370 g/mol. The summed E-state index contributed by atoms with van der Waals surface area (Å²) in [5.74, 6) is 0.583. The normalized spacial score (nSPS) is 13.1. The number of nitrogens with zero attached hydrogens (tertiary/aromatic N) is 1. The number of fused-ring (bicyclic) bond motifs is 1. The van der Waals surface area contributed by atoms with Crippen LogP contribution in [0.15, 0.2) is 48.7 Å². The molecule has 0 saturated heterocycles. The highest BCUT2D eigenvalue weighted by molar-refractivity contribution is 6.30. The number of nitrogens with one attached hydrogen (secondary N) is 2. The van der Waals surface area contributed by atoms with E-state index in [2.05, 4.69) is 38.0 Å². The Bertz CT molecular complexity index is 940. The zero-order valence-corrected chi connectivity index (χ0v) is 16.4. The first kappa shape index (κ1) is 18.6. The van der Waals surface area contributed by atoms with Crippen LogP contribution in [0.1, 0.15) is 38.3 Å². The predicted octanol–water partition coefficient (Wildman–Crippen LogP) is 4.28. The molecule has 0 bridgehead atoms. The third-order valence-electron chi connectivity index (χ3n) is 4.85. The number of rotatable bonds is 5. The number of carbonyl (C=O) groups excluding carboxylic acids is 1. The predicted molar refractivity (Wildman–Crippen MR) is 106 cm³/mol. The van der Waals surface area contributed by atoms with E-state index in [9.17, 15) is 4.79 Å². The number of hydrogen-bond donors (Lipinski definition) is 2. The highest BCUT2D eigenvalue weighted by atomic mass is 35.5. The number of halogens is 1. The molecule has 4 nitrogen and oxygen atoms in total. The number of benzene rings is 1. The largest absolute Gasteiger partial charge is 0.330 e. The molecule has 1 atom stereocenters. The molecule has 3 rings (SSSR count). The molecule has 0 spiro atoms. The summed E-state index contributed by atoms with van der Waals surface area (Å²) in [5, 5.41) is 4.01. The molecule has 5 heteroatoms. The minimum Gasteiger partial charge on any atom is -0.306 e. The standard InChI is InChI=1S/C21H24ClN3O/c1-14(21(2,3)4)23-13-18(26)20-24-19(15-8-7-9-16(22)12-15)17-10-5-6-11-25(17)20/h5-12,14,23H,13H2,1-4H3/p+1/t14-/m1/s1. The van der Waals surface area contributed by atoms with Crippen molar-refractivity contribution in [1.29, 1.82) is 0 Å². The van der Waals surface area contributed by atoms with Crippen molar-refractivity contribution in [2.75, 3.05) is 6.54 Å². The van der Waals surface area contributed by atoms with Gasteiger partial charge in [0.25, 0.3) is 5.78 Å². The molecule has 0 aliphatic rings. The van der Waals surface area contributed by atoms with Gasteiger partial charge in [0.2, 0.25) is 0 Å². The lowest BCUT2D eigenvalue weighted by Gasteiger charge is -2.27. The third kappa shape index (κ3) is 3.81. The summed E-state index contributed by atoms with van der Waals surface area (Å²) in [5.41, 5.74) is 2.88. The van der Waals surface area contributed by atoms with E-state index < -0.39 is 0 Å². The van der Waals surface area contributed by atoms with Crippen LogP contribution in [0.4, 0.5) is 0 Å². The second-order valence-electron chi connectivity index (χ2n) is 7.71. The Hall–Kier alpha value is -2.17. The molecule has 0 radical (unpaired) electrons. The van der Waals surface area contributed by atoms with Crippen LogP contribution in [0.25, 0.3) is 16.8 Å². The van der Waals surface area contributed by atoms with Crippen molar-refractivity contribution in [2.24, 2.45) is 5.41 Å². The van der Waals surface area contributed by atoms with Crippen molar-refractivity contribution in [1.82, 2.24) is 10.3 Å². The van der Waals surface area contributed by atoms with Crippen LogP contribution in [-0.2, 0) is 0 Å². The SMILES string of the molecule is C[C@@H](NCC(=O)c1[nH]c(-c2cccc(Cl)c2)c2cccc[n+]12)C(C)(C)C. The summed E-state index contributed by atoms with van der Waals surface area (Å²) in [6.45, 7) is 8.86. The van der Waals surface area contributed by atoms with Gasteiger partial charge in [-0.25, -0.2) is 4.98 Å². The highest BCUT2D eigenvalue weighted by Gasteiger charge is 2.27. The maximum absolute atomic E-state index is 12.9. The third-order valence-corrected chi connectivity index (χ3v) is 5.08. The summed E-state index contributed by atoms with van der Waals surface area (Å²) < 4.78 is 1.90. The summed E-state index contributed by atoms with van der Waals surface area (Å²) >= 11 is 6.14. The van der Waals surface area contributed by atoms with E-state index in [-0.39, 0.29) is 23.8 Å². The van der Waals surface area contributed by atoms with Crippen molar-refractivity contribution in [2.45, 2.75) is 33.7 Å². The number of H-pyrrole nitrogens is 1. The van der Waals surface area contributed by atoms with Gasteiger partial charge < -0.3 is 5.32 Å². The maximum atomic E-state index is 12.9. The summed E-state index contributed by atoms with van der Waals surface area (Å²) in [4.78, 5) is 16.2. The fourth-order valence-corrected chi connectivity index (χ4v) is 2.98. The van der Waals surface area contributed by atoms with E-state index in [1.165, 1.54) is 0 Å². The van der Waals surface area contributed by atoms with Gasteiger partial charge in [0.05, 0.1) is 12.7 Å². The van der Waals surface area contributed by atoms with Gasteiger partial charge in [-0.3, -0.25) is 4.79 Å². The second kappa shape index (κ2) is 7.22. The number of aromatic amines is 1. The van der Waals surface area contributed by atoms with Crippen molar-refractivity contribution in [3.05, 3.63) is 59.5 Å². The van der Waals surface area contributed by atoms with E-state index in [1.807, 2.05) is 53.1 Å². The van der Waals surface area contributed by atoms with Crippen LogP contribution < -0.4 is 9.72 Å². The Morgan fingerprint density at radius 3 is 2.69 bits per heavy atom. The summed E-state index contributed by atoms with van der Waals surface area (Å²) in [7, 11) is 0. The maximum Gasteiger partial charge on any atom is 0.330 e. The lowest BCUT2D eigenvalue weighted by Crippen LogP contribution is -2.42. The first-order chi connectivity index (χ1) is 12.3. The Kier molecular flexibility index (Phi) is 5.17. The highest BCUT2D eigenvalue weighted by Crippen LogP contribution is 2.24. The van der Waals surface area contributed by atoms with Gasteiger partial charge in [-0.05, 0) is 36.6 Å². The first-order valence-corrected chi connectivity index (χ1v) is 9.20. The number of hydrogen-bond acceptors (Lipinski definition) is 2. The van der Waals surface area contributed by atoms with Crippen molar-refractivity contribution in [3.8, 4) is 11.3 Å². The molecule has 3 aromatic rings. The van der Waals surface area contributed by atoms with E-state index in [0.717, 1.165) is 16.8 Å². The van der Waals surface area contributed by atoms with E-state index >= 15 is 0 Å². The quantitative estimate of drug-likeness (QED) is 0.520. The van der Waals surface area contributed by atoms with Gasteiger partial charge in [0.1, 0.15) is 0 Å². The number of imidazole rings is 1. The Balaban J connectivity index is 1.96. The topological polar surface area (TPSA) is 49.0 Å². The molecular formula is C21H25ClN3O+. The number of aromatic nitrogens is 2. The molecule has 2 N–H and O–H groups in total. The molecule has 0 aliphatic heterocycles. The van der Waals surface area contributed by atoms with Gasteiger partial charge >= 0.3 is 5.82 Å². The molecule has 2 heterocycles. The molecule has 136 valence electrons. The second-order valence-corrected chi connectivity index (χ2v) is 8.14.